The van der Waals surface area contributed by atoms with Gasteiger partial charge in [-0.15, -0.1) is 0 Å². The minimum atomic E-state index is -5.30. The van der Waals surface area contributed by atoms with Crippen LogP contribution in [-0.4, -0.2) is 137 Å². The fourth-order valence-corrected chi connectivity index (χ4v) is 7.16. The van der Waals surface area contributed by atoms with E-state index < -0.39 is 91.3 Å². The molecule has 24 nitrogen and oxygen atoms in total. The van der Waals surface area contributed by atoms with Crippen molar-refractivity contribution >= 4 is 54.9 Å². The number of nitrogens with two attached hydrogens (primary N) is 2. The van der Waals surface area contributed by atoms with Crippen LogP contribution >= 0.6 is 0 Å². The van der Waals surface area contributed by atoms with Gasteiger partial charge in [-0.25, -0.2) is 18.4 Å². The van der Waals surface area contributed by atoms with E-state index in [-0.39, 0.29) is 36.9 Å². The van der Waals surface area contributed by atoms with Crippen LogP contribution in [0.15, 0.2) is 63.6 Å². The number of likely N-dealkylation sites (N-methyl/N-ethyl adjacent to an activating group) is 2. The highest BCUT2D eigenvalue weighted by Crippen LogP contribution is 2.30. The molecule has 0 aliphatic rings. The van der Waals surface area contributed by atoms with Crippen molar-refractivity contribution < 1.29 is 66.2 Å². The number of hydrogen-bond donors (Lipinski definition) is 10. The van der Waals surface area contributed by atoms with Gasteiger partial charge >= 0.3 is 31.2 Å². The third-order valence-electron chi connectivity index (χ3n) is 9.56. The molecule has 0 spiro atoms. The van der Waals surface area contributed by atoms with Gasteiger partial charge in [-0.1, -0.05) is 41.5 Å². The Bertz CT molecular complexity index is 2230. The summed E-state index contributed by atoms with van der Waals surface area (Å²) >= 11 is 0. The number of benzene rings is 1. The van der Waals surface area contributed by atoms with Gasteiger partial charge in [0.1, 0.15) is 12.1 Å². The van der Waals surface area contributed by atoms with Gasteiger partial charge in [0.25, 0.3) is 0 Å². The molecule has 0 saturated heterocycles. The van der Waals surface area contributed by atoms with E-state index >= 15 is 0 Å². The first-order valence-corrected chi connectivity index (χ1v) is 24.6. The molecule has 376 valence electrons. The molecule has 0 radical (unpaired) electrons. The molecule has 1 rings (SSSR count). The number of aliphatic hydroxyl groups excluding tert-OH is 1. The van der Waals surface area contributed by atoms with E-state index in [1.807, 2.05) is 32.9 Å². The molecule has 0 fully saturated rings. The highest BCUT2D eigenvalue weighted by Gasteiger charge is 2.34. The van der Waals surface area contributed by atoms with E-state index in [1.54, 1.807) is 14.0 Å². The number of aliphatic imine (C=N–C) groups is 2. The molecule has 27 heteroatoms. The summed E-state index contributed by atoms with van der Waals surface area (Å²) in [5, 5.41) is 21.5. The van der Waals surface area contributed by atoms with Crippen molar-refractivity contribution in [3.05, 3.63) is 64.8 Å². The maximum absolute atomic E-state index is 14.1. The number of aliphatic hydroxyl groups is 1. The van der Waals surface area contributed by atoms with Crippen molar-refractivity contribution in [1.82, 2.24) is 26.2 Å². The fraction of sp³-hybridized carbons (Fsp3) is 0.590. The first-order valence-electron chi connectivity index (χ1n) is 20.5. The highest BCUT2D eigenvalue weighted by molar-refractivity contribution is 7.81. The Morgan fingerprint density at radius 2 is 1.45 bits per heavy atom. The Labute approximate surface area is 388 Å². The zero-order valence-electron chi connectivity index (χ0n) is 38.3. The summed E-state index contributed by atoms with van der Waals surface area (Å²) in [4.78, 5) is 37.8. The summed E-state index contributed by atoms with van der Waals surface area (Å²) < 4.78 is 111. The summed E-state index contributed by atoms with van der Waals surface area (Å²) in [5.41, 5.74) is 14.1. The van der Waals surface area contributed by atoms with Crippen molar-refractivity contribution in [2.45, 2.75) is 110 Å². The van der Waals surface area contributed by atoms with Crippen molar-refractivity contribution in [2.75, 3.05) is 40.3 Å². The lowest BCUT2D eigenvalue weighted by atomic mass is 9.99. The molecule has 12 N–H and O–H groups in total. The molecule has 0 aromatic heterocycles. The molecule has 0 saturated carbocycles. The molecule has 0 aliphatic heterocycles. The summed E-state index contributed by atoms with van der Waals surface area (Å²) in [6.45, 7) is 12.7. The fourth-order valence-electron chi connectivity index (χ4n) is 5.95. The molecule has 66 heavy (non-hydrogen) atoms. The number of amides is 2. The molecular weight excluding hydrogens is 931 g/mol. The number of nitrogens with zero attached hydrogens (tertiary/aromatic N) is 3. The zero-order valence-corrected chi connectivity index (χ0v) is 40.7. The van der Waals surface area contributed by atoms with Gasteiger partial charge in [-0.3, -0.25) is 23.2 Å². The van der Waals surface area contributed by atoms with Crippen LogP contribution in [0.25, 0.3) is 0 Å². The normalized spacial score (nSPS) is 15.2. The molecule has 0 unspecified atom stereocenters. The molecule has 5 atom stereocenters. The summed E-state index contributed by atoms with van der Waals surface area (Å²) in [6.07, 6.45) is 3.61. The maximum atomic E-state index is 14.1. The Morgan fingerprint density at radius 3 is 1.97 bits per heavy atom. The minimum absolute atomic E-state index is 0.0328. The number of allylic oxidation sites excluding steroid dienone is 2. The first-order chi connectivity index (χ1) is 30.5. The van der Waals surface area contributed by atoms with Gasteiger partial charge in [0.2, 0.25) is 11.8 Å². The van der Waals surface area contributed by atoms with Gasteiger partial charge < -0.3 is 46.9 Å². The Morgan fingerprint density at radius 1 is 0.879 bits per heavy atom. The quantitative estimate of drug-likeness (QED) is 0.0169. The number of hydrogen-bond acceptors (Lipinski definition) is 15. The number of rotatable bonds is 30. The van der Waals surface area contributed by atoms with Crippen LogP contribution < -0.4 is 36.9 Å². The summed E-state index contributed by atoms with van der Waals surface area (Å²) in [6, 6.07) is -0.595. The SMILES string of the molecule is C=C(C)[C@H](O)CC/C(C)=C\CN=C(N)NCCC[C@H](NC)C(=O)N(C)[C@@H](CCCNC(N)=NCC=C(C)C)C(=O)N[C@H](C)[C@H](OS(=O)(=O)O)c1ccc(OS(=O)(=O)O)c(COS(=O)(=O)O)c1. The zero-order chi connectivity index (χ0) is 50.4. The second-order valence-corrected chi connectivity index (χ2v) is 18.6. The van der Waals surface area contributed by atoms with Crippen molar-refractivity contribution in [1.29, 1.82) is 0 Å². The first kappa shape index (κ1) is 59.3. The number of guanidine groups is 2. The average molecular weight is 998 g/mol. The Balaban J connectivity index is 3.36. The molecular formula is C39H67N9O15S3. The molecule has 1 aromatic carbocycles. The van der Waals surface area contributed by atoms with E-state index in [4.69, 9.17) is 20.2 Å². The number of carbonyl (C=O) groups is 2. The number of nitrogens with one attached hydrogen (secondary N) is 4. The minimum Gasteiger partial charge on any atom is -0.389 e. The topological polar surface area (TPSA) is 373 Å². The standard InChI is InChI=1S/C39H67N9O15S3/c1-25(2)17-21-45-38(40)44-20-10-12-32(48(8)37(51)31(42-7)11-9-19-43-39(41)46-22-18-27(5)13-15-33(49)26(3)4)36(50)47-28(6)35(63-66(58,59)60)29-14-16-34(62-65(55,56)57)30(23-29)24-61-64(52,53)54/h14,16-18,23,28,31-33,35,42,49H,3,9-13,15,19-22,24H2,1-2,4-8H3,(H,47,50)(H3,40,44,45)(H3,41,43,46)(H,52,53,54)(H,55,56,57)(H,58,59,60)/b27-18-/t28-,31+,32+,33-,35+/m1/s1. The molecule has 1 aromatic rings. The van der Waals surface area contributed by atoms with Crippen molar-refractivity contribution in [2.24, 2.45) is 21.5 Å². The van der Waals surface area contributed by atoms with Crippen LogP contribution in [0.2, 0.25) is 0 Å². The third-order valence-corrected chi connectivity index (χ3v) is 10.8. The van der Waals surface area contributed by atoms with Crippen LogP contribution in [0.1, 0.15) is 90.4 Å². The molecule has 0 aliphatic carbocycles. The lowest BCUT2D eigenvalue weighted by molar-refractivity contribution is -0.141. The van der Waals surface area contributed by atoms with Crippen LogP contribution in [0.5, 0.6) is 5.75 Å². The monoisotopic (exact) mass is 997 g/mol. The van der Waals surface area contributed by atoms with Gasteiger partial charge in [0.05, 0.1) is 37.9 Å². The third kappa shape index (κ3) is 25.3. The largest absolute Gasteiger partial charge is 0.446 e. The van der Waals surface area contributed by atoms with E-state index in [9.17, 15) is 49.1 Å². The predicted octanol–water partition coefficient (Wildman–Crippen LogP) is 0.967. The summed E-state index contributed by atoms with van der Waals surface area (Å²) in [7, 11) is -12.6. The Hall–Kier alpha value is -4.71. The Kier molecular flexibility index (Phi) is 25.6. The van der Waals surface area contributed by atoms with E-state index in [0.717, 1.165) is 29.3 Å². The van der Waals surface area contributed by atoms with E-state index in [0.29, 0.717) is 50.9 Å². The van der Waals surface area contributed by atoms with Crippen molar-refractivity contribution in [3.8, 4) is 5.75 Å². The lowest BCUT2D eigenvalue weighted by Gasteiger charge is -2.32. The lowest BCUT2D eigenvalue weighted by Crippen LogP contribution is -2.55. The van der Waals surface area contributed by atoms with Gasteiger partial charge in [0, 0.05) is 25.7 Å². The van der Waals surface area contributed by atoms with E-state index in [1.165, 1.54) is 18.9 Å². The second kappa shape index (κ2) is 28.5. The molecule has 2 amide bonds. The summed E-state index contributed by atoms with van der Waals surface area (Å²) in [5.74, 6) is -1.66. The van der Waals surface area contributed by atoms with Crippen LogP contribution in [-0.2, 0) is 55.8 Å². The average Bonchev–Trinajstić information content (AvgIpc) is 3.19. The van der Waals surface area contributed by atoms with Crippen LogP contribution in [0.4, 0.5) is 0 Å². The highest BCUT2D eigenvalue weighted by atomic mass is 32.3. The smallest absolute Gasteiger partial charge is 0.389 e. The molecule has 0 bridgehead atoms. The van der Waals surface area contributed by atoms with Gasteiger partial charge in [0.15, 0.2) is 17.7 Å². The number of carbonyl (C=O) groups excluding carboxylic acids is 2. The van der Waals surface area contributed by atoms with Crippen LogP contribution in [0, 0.1) is 0 Å². The second-order valence-electron chi connectivity index (χ2n) is 15.4. The maximum Gasteiger partial charge on any atom is 0.446 e. The van der Waals surface area contributed by atoms with E-state index in [2.05, 4.69) is 46.2 Å². The predicted molar refractivity (Wildman–Crippen MR) is 248 cm³/mol. The van der Waals surface area contributed by atoms with Crippen LogP contribution in [0.3, 0.4) is 0 Å². The van der Waals surface area contributed by atoms with Crippen molar-refractivity contribution in [3.63, 3.8) is 0 Å². The van der Waals surface area contributed by atoms with Gasteiger partial charge in [-0.2, -0.15) is 25.3 Å². The van der Waals surface area contributed by atoms with Gasteiger partial charge in [-0.05, 0) is 97.9 Å². The molecule has 0 heterocycles.